The number of rotatable bonds is 11. The Balaban J connectivity index is 1.75. The highest BCUT2D eigenvalue weighted by Gasteiger charge is 2.32. The summed E-state index contributed by atoms with van der Waals surface area (Å²) >= 11 is 5.08. The first-order valence-electron chi connectivity index (χ1n) is 9.44. The van der Waals surface area contributed by atoms with Gasteiger partial charge in [-0.2, -0.15) is 0 Å². The van der Waals surface area contributed by atoms with Crippen molar-refractivity contribution in [2.24, 2.45) is 11.8 Å². The van der Waals surface area contributed by atoms with Crippen LogP contribution in [0.15, 0.2) is 40.2 Å². The minimum absolute atomic E-state index is 0.129. The zero-order valence-electron chi connectivity index (χ0n) is 15.4. The number of aryl methyl sites for hydroxylation is 1. The molecular weight excluding hydrogens is 428 g/mol. The lowest BCUT2D eigenvalue weighted by Gasteiger charge is -2.17. The normalized spacial score (nSPS) is 22.8. The number of allylic oxidation sites excluding steroid dienone is 4. The Hall–Kier alpha value is -1.24. The van der Waals surface area contributed by atoms with Gasteiger partial charge >= 0.3 is 5.97 Å². The van der Waals surface area contributed by atoms with Crippen LogP contribution in [0.2, 0.25) is 0 Å². The molecule has 148 valence electrons. The third-order valence-electron chi connectivity index (χ3n) is 4.95. The molecule has 3 atom stereocenters. The van der Waals surface area contributed by atoms with Crippen molar-refractivity contribution in [3.63, 3.8) is 0 Å². The molecule has 0 saturated heterocycles. The van der Waals surface area contributed by atoms with Gasteiger partial charge < -0.3 is 10.2 Å². The van der Waals surface area contributed by atoms with E-state index >= 15 is 0 Å². The van der Waals surface area contributed by atoms with Gasteiger partial charge in [-0.1, -0.05) is 18.2 Å². The second-order valence-corrected chi connectivity index (χ2v) is 8.93. The number of carbonyl (C=O) groups is 2. The largest absolute Gasteiger partial charge is 0.481 e. The number of carboxylic acids is 1. The maximum absolute atomic E-state index is 12.1. The summed E-state index contributed by atoms with van der Waals surface area (Å²) in [6, 6.07) is 2.05. The number of hydrogen-bond donors (Lipinski definition) is 2. The molecule has 1 aromatic heterocycles. The average Bonchev–Trinajstić information content (AvgIpc) is 3.20. The lowest BCUT2D eigenvalue weighted by molar-refractivity contribution is -0.137. The maximum atomic E-state index is 12.1. The summed E-state index contributed by atoms with van der Waals surface area (Å²) < 4.78 is 1.06. The van der Waals surface area contributed by atoms with Crippen molar-refractivity contribution >= 4 is 39.0 Å². The van der Waals surface area contributed by atoms with Crippen molar-refractivity contribution < 1.29 is 19.8 Å². The highest BCUT2D eigenvalue weighted by Crippen LogP contribution is 2.36. The summed E-state index contributed by atoms with van der Waals surface area (Å²) in [6.45, 7) is 0. The van der Waals surface area contributed by atoms with Gasteiger partial charge in [0.2, 0.25) is 0 Å². The number of thiophene rings is 1. The van der Waals surface area contributed by atoms with Crippen LogP contribution >= 0.6 is 27.3 Å². The van der Waals surface area contributed by atoms with Gasteiger partial charge in [-0.3, -0.25) is 9.59 Å². The molecule has 2 rings (SSSR count). The molecule has 4 nitrogen and oxygen atoms in total. The predicted molar refractivity (Wildman–Crippen MR) is 112 cm³/mol. The molecule has 1 heterocycles. The van der Waals surface area contributed by atoms with Gasteiger partial charge in [0.05, 0.1) is 6.10 Å². The van der Waals surface area contributed by atoms with Crippen LogP contribution in [0.25, 0.3) is 0 Å². The fourth-order valence-corrected chi connectivity index (χ4v) is 4.89. The van der Waals surface area contributed by atoms with Gasteiger partial charge in [-0.25, -0.2) is 0 Å². The Labute approximate surface area is 173 Å². The summed E-state index contributed by atoms with van der Waals surface area (Å²) in [5.41, 5.74) is 0. The lowest BCUT2D eigenvalue weighted by atomic mass is 9.90. The summed E-state index contributed by atoms with van der Waals surface area (Å²) in [7, 11) is 0. The summed E-state index contributed by atoms with van der Waals surface area (Å²) in [5, 5.41) is 20.9. The number of hydrogen-bond acceptors (Lipinski definition) is 4. The quantitative estimate of drug-likeness (QED) is 0.275. The molecule has 27 heavy (non-hydrogen) atoms. The number of ketones is 1. The van der Waals surface area contributed by atoms with E-state index in [1.807, 2.05) is 29.7 Å². The van der Waals surface area contributed by atoms with Crippen LogP contribution < -0.4 is 0 Å². The van der Waals surface area contributed by atoms with Gasteiger partial charge in [-0.05, 0) is 78.4 Å². The Morgan fingerprint density at radius 3 is 2.78 bits per heavy atom. The summed E-state index contributed by atoms with van der Waals surface area (Å²) in [6.07, 6.45) is 12.6. The lowest BCUT2D eigenvalue weighted by Crippen LogP contribution is -2.17. The van der Waals surface area contributed by atoms with Gasteiger partial charge in [0.1, 0.15) is 0 Å². The van der Waals surface area contributed by atoms with E-state index in [0.717, 1.165) is 36.6 Å². The first-order valence-corrected chi connectivity index (χ1v) is 11.1. The molecule has 0 bridgehead atoms. The highest BCUT2D eigenvalue weighted by atomic mass is 79.9. The smallest absolute Gasteiger partial charge is 0.303 e. The van der Waals surface area contributed by atoms with Gasteiger partial charge in [0.25, 0.3) is 0 Å². The fraction of sp³-hybridized carbons (Fsp3) is 0.524. The number of carbonyl (C=O) groups excluding carboxylic acids is 1. The Morgan fingerprint density at radius 1 is 1.26 bits per heavy atom. The Morgan fingerprint density at radius 2 is 2.07 bits per heavy atom. The molecule has 1 fully saturated rings. The van der Waals surface area contributed by atoms with Crippen molar-refractivity contribution in [3.8, 4) is 0 Å². The van der Waals surface area contributed by atoms with Crippen molar-refractivity contribution in [1.82, 2.24) is 0 Å². The average molecular weight is 455 g/mol. The molecule has 0 spiro atoms. The molecule has 1 saturated carbocycles. The van der Waals surface area contributed by atoms with E-state index < -0.39 is 5.97 Å². The third-order valence-corrected chi connectivity index (χ3v) is 6.70. The first-order chi connectivity index (χ1) is 13.0. The van der Waals surface area contributed by atoms with E-state index in [9.17, 15) is 14.7 Å². The number of halogens is 1. The van der Waals surface area contributed by atoms with Crippen LogP contribution in [0.5, 0.6) is 0 Å². The van der Waals surface area contributed by atoms with Crippen molar-refractivity contribution in [2.75, 3.05) is 0 Å². The van der Waals surface area contributed by atoms with E-state index in [1.54, 1.807) is 17.4 Å². The van der Waals surface area contributed by atoms with Crippen LogP contribution in [-0.4, -0.2) is 28.1 Å². The van der Waals surface area contributed by atoms with E-state index in [0.29, 0.717) is 12.8 Å². The number of carboxylic acid groups (broad SMARTS) is 1. The monoisotopic (exact) mass is 454 g/mol. The molecule has 0 aromatic carbocycles. The van der Waals surface area contributed by atoms with Crippen molar-refractivity contribution in [1.29, 1.82) is 0 Å². The third kappa shape index (κ3) is 8.11. The second-order valence-electron chi connectivity index (χ2n) is 7.02. The van der Waals surface area contributed by atoms with Gasteiger partial charge in [0.15, 0.2) is 5.78 Å². The number of aliphatic carboxylic acids is 1. The van der Waals surface area contributed by atoms with E-state index in [1.165, 1.54) is 4.88 Å². The van der Waals surface area contributed by atoms with Gasteiger partial charge in [0, 0.05) is 27.6 Å². The number of aliphatic hydroxyl groups excluding tert-OH is 1. The van der Waals surface area contributed by atoms with Gasteiger partial charge in [-0.15, -0.1) is 11.3 Å². The SMILES string of the molecule is O=C(O)CCC/C=C\C[C@H]1C(O)CC[C@@H]1/C=C/C(=O)CCc1cc(Br)cs1. The standard InChI is InChI=1S/C21H27BrO4S/c22-16-13-18(27-14-16)11-10-17(23)9-7-15-8-12-20(24)19(15)5-3-1-2-4-6-21(25)26/h1,3,7,9,13-15,19-20,24H,2,4-6,8,10-12H2,(H,25,26)/b3-1-,9-7+/t15-,19+,20?/m0/s1. The summed E-state index contributed by atoms with van der Waals surface area (Å²) in [5.74, 6) is -0.276. The molecule has 0 radical (unpaired) electrons. The second kappa shape index (κ2) is 11.6. The van der Waals surface area contributed by atoms with E-state index in [-0.39, 0.29) is 30.1 Å². The first kappa shape index (κ1) is 22.1. The molecule has 6 heteroatoms. The summed E-state index contributed by atoms with van der Waals surface area (Å²) in [4.78, 5) is 23.8. The van der Waals surface area contributed by atoms with Crippen LogP contribution in [0.1, 0.15) is 49.8 Å². The maximum Gasteiger partial charge on any atom is 0.303 e. The molecular formula is C21H27BrO4S. The minimum atomic E-state index is -0.767. The van der Waals surface area contributed by atoms with E-state index in [4.69, 9.17) is 5.11 Å². The zero-order chi connectivity index (χ0) is 19.6. The molecule has 1 unspecified atom stereocenters. The highest BCUT2D eigenvalue weighted by molar-refractivity contribution is 9.10. The van der Waals surface area contributed by atoms with Crippen molar-refractivity contribution in [3.05, 3.63) is 45.1 Å². The Bertz CT molecular complexity index is 679. The van der Waals surface area contributed by atoms with Crippen LogP contribution in [0.3, 0.4) is 0 Å². The minimum Gasteiger partial charge on any atom is -0.481 e. The molecule has 1 aliphatic carbocycles. The van der Waals surface area contributed by atoms with Crippen LogP contribution in [-0.2, 0) is 16.0 Å². The Kier molecular flexibility index (Phi) is 9.45. The van der Waals surface area contributed by atoms with Crippen molar-refractivity contribution in [2.45, 2.75) is 57.5 Å². The number of aliphatic hydroxyl groups is 1. The topological polar surface area (TPSA) is 74.6 Å². The molecule has 0 aliphatic heterocycles. The fourth-order valence-electron chi connectivity index (χ4n) is 3.44. The molecule has 1 aliphatic rings. The molecule has 1 aromatic rings. The van der Waals surface area contributed by atoms with Crippen LogP contribution in [0.4, 0.5) is 0 Å². The van der Waals surface area contributed by atoms with E-state index in [2.05, 4.69) is 15.9 Å². The predicted octanol–water partition coefficient (Wildman–Crippen LogP) is 5.16. The number of unbranched alkanes of at least 4 members (excludes halogenated alkanes) is 1. The van der Waals surface area contributed by atoms with Crippen LogP contribution in [0, 0.1) is 11.8 Å². The zero-order valence-corrected chi connectivity index (χ0v) is 17.8. The molecule has 2 N–H and O–H groups in total. The molecule has 0 amide bonds.